The third kappa shape index (κ3) is 4.08. The van der Waals surface area contributed by atoms with Crippen molar-refractivity contribution in [2.24, 2.45) is 10.7 Å². The minimum Gasteiger partial charge on any atom is -0.370 e. The van der Waals surface area contributed by atoms with E-state index in [1.54, 1.807) is 6.92 Å². The van der Waals surface area contributed by atoms with Crippen molar-refractivity contribution in [3.63, 3.8) is 0 Å². The van der Waals surface area contributed by atoms with Gasteiger partial charge in [0.2, 0.25) is 5.91 Å². The van der Waals surface area contributed by atoms with Crippen LogP contribution in [0.3, 0.4) is 0 Å². The minimum atomic E-state index is -0.329. The summed E-state index contributed by atoms with van der Waals surface area (Å²) in [6, 6.07) is 0.0130. The quantitative estimate of drug-likeness (QED) is 0.478. The fourth-order valence-electron chi connectivity index (χ4n) is 1.88. The predicted octanol–water partition coefficient (Wildman–Crippen LogP) is 0.358. The summed E-state index contributed by atoms with van der Waals surface area (Å²) in [4.78, 5) is 15.8. The normalized spacial score (nSPS) is 19.5. The maximum Gasteiger partial charge on any atom is 0.242 e. The van der Waals surface area contributed by atoms with E-state index >= 15 is 0 Å². The number of hydrogen-bond donors (Lipinski definition) is 3. The molecule has 1 saturated carbocycles. The summed E-state index contributed by atoms with van der Waals surface area (Å²) in [6.07, 6.45) is 4.68. The molecular formula is C11H22N4O. The first-order chi connectivity index (χ1) is 7.63. The molecule has 16 heavy (non-hydrogen) atoms. The number of nitrogens with one attached hydrogen (secondary N) is 2. The summed E-state index contributed by atoms with van der Waals surface area (Å²) in [5.41, 5.74) is 5.75. The molecule has 4 N–H and O–H groups in total. The van der Waals surface area contributed by atoms with Gasteiger partial charge in [-0.15, -0.1) is 0 Å². The van der Waals surface area contributed by atoms with E-state index < -0.39 is 0 Å². The summed E-state index contributed by atoms with van der Waals surface area (Å²) in [5, 5.41) is 5.64. The zero-order chi connectivity index (χ0) is 12.0. The maximum atomic E-state index is 11.4. The number of amides is 1. The summed E-state index contributed by atoms with van der Waals surface area (Å²) >= 11 is 0. The van der Waals surface area contributed by atoms with Crippen LogP contribution < -0.4 is 16.4 Å². The third-order valence-electron chi connectivity index (χ3n) is 2.76. The Morgan fingerprint density at radius 2 is 2.12 bits per heavy atom. The number of carbonyl (C=O) groups excluding carboxylic acids is 1. The number of carbonyl (C=O) groups is 1. The molecule has 1 rings (SSSR count). The summed E-state index contributed by atoms with van der Waals surface area (Å²) in [7, 11) is 0. The van der Waals surface area contributed by atoms with Gasteiger partial charge < -0.3 is 16.4 Å². The zero-order valence-corrected chi connectivity index (χ0v) is 10.1. The molecule has 0 aromatic rings. The number of nitrogens with zero attached hydrogens (tertiary/aromatic N) is 1. The number of nitrogens with two attached hydrogens (primary N) is 1. The van der Waals surface area contributed by atoms with Gasteiger partial charge >= 0.3 is 0 Å². The van der Waals surface area contributed by atoms with Crippen LogP contribution in [0.25, 0.3) is 0 Å². The summed E-state index contributed by atoms with van der Waals surface area (Å²) in [6.45, 7) is 4.30. The lowest BCUT2D eigenvalue weighted by Crippen LogP contribution is -2.47. The summed E-state index contributed by atoms with van der Waals surface area (Å²) in [5.74, 6) is 0.331. The Balaban J connectivity index is 2.37. The van der Waals surface area contributed by atoms with Crippen LogP contribution in [0.1, 0.15) is 39.5 Å². The van der Waals surface area contributed by atoms with Crippen molar-refractivity contribution < 1.29 is 4.79 Å². The Kier molecular flexibility index (Phi) is 5.08. The summed E-state index contributed by atoms with van der Waals surface area (Å²) < 4.78 is 0. The maximum absolute atomic E-state index is 11.4. The van der Waals surface area contributed by atoms with E-state index in [0.29, 0.717) is 18.5 Å². The number of guanidine groups is 1. The van der Waals surface area contributed by atoms with Gasteiger partial charge in [-0.05, 0) is 26.7 Å². The lowest BCUT2D eigenvalue weighted by atomic mass is 10.3. The molecule has 1 unspecified atom stereocenters. The smallest absolute Gasteiger partial charge is 0.242 e. The average Bonchev–Trinajstić information content (AvgIpc) is 2.70. The van der Waals surface area contributed by atoms with Gasteiger partial charge in [0.1, 0.15) is 6.04 Å². The van der Waals surface area contributed by atoms with Crippen LogP contribution >= 0.6 is 0 Å². The van der Waals surface area contributed by atoms with Crippen LogP contribution in [0.15, 0.2) is 4.99 Å². The standard InChI is InChI=1S/C11H22N4O/c1-3-13-10(16)8(2)14-11(12)15-9-6-4-5-7-9/h8-9H,3-7H2,1-2H3,(H,13,16)(H3,12,14,15). The second kappa shape index (κ2) is 6.35. The Bertz CT molecular complexity index is 259. The van der Waals surface area contributed by atoms with Crippen molar-refractivity contribution in [3.8, 4) is 0 Å². The molecule has 0 spiro atoms. The first-order valence-corrected chi connectivity index (χ1v) is 6.01. The van der Waals surface area contributed by atoms with Crippen LogP contribution in [0.2, 0.25) is 0 Å². The lowest BCUT2D eigenvalue weighted by molar-refractivity contribution is -0.122. The number of hydrogen-bond acceptors (Lipinski definition) is 2. The molecule has 1 atom stereocenters. The lowest BCUT2D eigenvalue weighted by Gasteiger charge is -2.14. The number of aliphatic imine (C=N–C) groups is 1. The monoisotopic (exact) mass is 226 g/mol. The average molecular weight is 226 g/mol. The molecule has 1 aliphatic rings. The van der Waals surface area contributed by atoms with E-state index in [2.05, 4.69) is 15.6 Å². The molecule has 5 nitrogen and oxygen atoms in total. The minimum absolute atomic E-state index is 0.0490. The highest BCUT2D eigenvalue weighted by Gasteiger charge is 2.16. The molecule has 0 aromatic carbocycles. The zero-order valence-electron chi connectivity index (χ0n) is 10.1. The Morgan fingerprint density at radius 3 is 2.69 bits per heavy atom. The highest BCUT2D eigenvalue weighted by atomic mass is 16.2. The molecule has 0 saturated heterocycles. The van der Waals surface area contributed by atoms with Gasteiger partial charge in [-0.2, -0.15) is 0 Å². The van der Waals surface area contributed by atoms with E-state index in [1.165, 1.54) is 12.8 Å². The second-order valence-corrected chi connectivity index (χ2v) is 4.21. The molecule has 1 aliphatic carbocycles. The largest absolute Gasteiger partial charge is 0.370 e. The Hall–Kier alpha value is -1.26. The topological polar surface area (TPSA) is 79.5 Å². The first kappa shape index (κ1) is 12.8. The highest BCUT2D eigenvalue weighted by Crippen LogP contribution is 2.20. The van der Waals surface area contributed by atoms with Crippen LogP contribution in [0.5, 0.6) is 0 Å². The van der Waals surface area contributed by atoms with Gasteiger partial charge in [0, 0.05) is 6.54 Å². The molecule has 1 amide bonds. The van der Waals surface area contributed by atoms with Crippen LogP contribution in [-0.4, -0.2) is 30.5 Å². The van der Waals surface area contributed by atoms with Gasteiger partial charge in [0.05, 0.1) is 6.04 Å². The number of rotatable bonds is 4. The molecule has 0 heterocycles. The van der Waals surface area contributed by atoms with Gasteiger partial charge in [-0.25, -0.2) is 0 Å². The van der Waals surface area contributed by atoms with Gasteiger partial charge in [-0.3, -0.25) is 9.79 Å². The molecule has 1 fully saturated rings. The Morgan fingerprint density at radius 1 is 1.50 bits per heavy atom. The molecule has 0 aliphatic heterocycles. The molecule has 0 aromatic heterocycles. The first-order valence-electron chi connectivity index (χ1n) is 6.01. The molecule has 0 radical (unpaired) electrons. The van der Waals surface area contributed by atoms with Crippen molar-refractivity contribution in [3.05, 3.63) is 0 Å². The van der Waals surface area contributed by atoms with Crippen molar-refractivity contribution in [2.75, 3.05) is 6.54 Å². The second-order valence-electron chi connectivity index (χ2n) is 4.21. The number of likely N-dealkylation sites (N-methyl/N-ethyl adjacent to an activating group) is 1. The SMILES string of the molecule is CCNC(=O)C(C)NC(N)=NC1CCCC1. The fourth-order valence-corrected chi connectivity index (χ4v) is 1.88. The van der Waals surface area contributed by atoms with Gasteiger partial charge in [0.25, 0.3) is 0 Å². The Labute approximate surface area is 96.9 Å². The van der Waals surface area contributed by atoms with E-state index in [1.807, 2.05) is 6.92 Å². The van der Waals surface area contributed by atoms with E-state index in [-0.39, 0.29) is 11.9 Å². The fraction of sp³-hybridized carbons (Fsp3) is 0.818. The van der Waals surface area contributed by atoms with E-state index in [4.69, 9.17) is 5.73 Å². The third-order valence-corrected chi connectivity index (χ3v) is 2.76. The van der Waals surface area contributed by atoms with Crippen LogP contribution in [-0.2, 0) is 4.79 Å². The van der Waals surface area contributed by atoms with Gasteiger partial charge in [-0.1, -0.05) is 12.8 Å². The van der Waals surface area contributed by atoms with Crippen molar-refractivity contribution in [1.29, 1.82) is 0 Å². The molecule has 5 heteroatoms. The van der Waals surface area contributed by atoms with E-state index in [0.717, 1.165) is 12.8 Å². The molecular weight excluding hydrogens is 204 g/mol. The van der Waals surface area contributed by atoms with Crippen molar-refractivity contribution in [1.82, 2.24) is 10.6 Å². The van der Waals surface area contributed by atoms with E-state index in [9.17, 15) is 4.79 Å². The predicted molar refractivity (Wildman–Crippen MR) is 65.2 cm³/mol. The molecule has 0 bridgehead atoms. The van der Waals surface area contributed by atoms with Crippen LogP contribution in [0.4, 0.5) is 0 Å². The van der Waals surface area contributed by atoms with Crippen molar-refractivity contribution in [2.45, 2.75) is 51.6 Å². The van der Waals surface area contributed by atoms with Gasteiger partial charge in [0.15, 0.2) is 5.96 Å². The van der Waals surface area contributed by atoms with Crippen molar-refractivity contribution >= 4 is 11.9 Å². The highest BCUT2D eigenvalue weighted by molar-refractivity contribution is 5.87. The van der Waals surface area contributed by atoms with Crippen LogP contribution in [0, 0.1) is 0 Å². The molecule has 92 valence electrons.